The Kier molecular flexibility index (Phi) is 4.87. The van der Waals surface area contributed by atoms with Crippen molar-refractivity contribution in [2.24, 2.45) is 11.7 Å². The molecule has 0 saturated carbocycles. The number of aryl methyl sites for hydroxylation is 1. The minimum absolute atomic E-state index is 0.0794. The molecule has 0 radical (unpaired) electrons. The number of halogens is 1. The molecule has 2 heterocycles. The van der Waals surface area contributed by atoms with Crippen molar-refractivity contribution in [2.75, 3.05) is 13.1 Å². The Bertz CT molecular complexity index is 790. The monoisotopic (exact) mass is 363 g/mol. The van der Waals surface area contributed by atoms with Gasteiger partial charge in [0.2, 0.25) is 5.91 Å². The van der Waals surface area contributed by atoms with E-state index in [9.17, 15) is 9.59 Å². The van der Waals surface area contributed by atoms with Gasteiger partial charge in [0.1, 0.15) is 9.88 Å². The van der Waals surface area contributed by atoms with Crippen LogP contribution in [0.1, 0.15) is 28.2 Å². The zero-order valence-electron chi connectivity index (χ0n) is 13.3. The highest BCUT2D eigenvalue weighted by Crippen LogP contribution is 2.31. The van der Waals surface area contributed by atoms with E-state index in [1.807, 2.05) is 25.1 Å². The summed E-state index contributed by atoms with van der Waals surface area (Å²) in [7, 11) is 0. The number of hydrogen-bond donors (Lipinski definition) is 1. The van der Waals surface area contributed by atoms with E-state index in [4.69, 9.17) is 17.3 Å². The van der Waals surface area contributed by atoms with Gasteiger partial charge in [-0.15, -0.1) is 11.3 Å². The van der Waals surface area contributed by atoms with Gasteiger partial charge in [0.05, 0.1) is 11.6 Å². The molecule has 0 aliphatic carbocycles. The smallest absolute Gasteiger partial charge is 0.265 e. The fraction of sp³-hybridized carbons (Fsp3) is 0.353. The third kappa shape index (κ3) is 3.44. The average molecular weight is 364 g/mol. The van der Waals surface area contributed by atoms with E-state index in [0.717, 1.165) is 23.4 Å². The second-order valence-electron chi connectivity index (χ2n) is 5.94. The largest absolute Gasteiger partial charge is 0.369 e. The molecular formula is C17H18ClN3O2S. The quantitative estimate of drug-likeness (QED) is 0.910. The van der Waals surface area contributed by atoms with Crippen molar-refractivity contribution in [3.05, 3.63) is 39.9 Å². The second kappa shape index (κ2) is 6.91. The molecule has 126 valence electrons. The number of thiazole rings is 1. The molecule has 1 aromatic heterocycles. The molecule has 1 aromatic carbocycles. The maximum atomic E-state index is 12.8. The predicted octanol–water partition coefficient (Wildman–Crippen LogP) is 3.11. The molecule has 0 spiro atoms. The molecule has 24 heavy (non-hydrogen) atoms. The maximum absolute atomic E-state index is 12.8. The summed E-state index contributed by atoms with van der Waals surface area (Å²) in [6.45, 7) is 2.86. The van der Waals surface area contributed by atoms with Gasteiger partial charge in [-0.25, -0.2) is 4.98 Å². The average Bonchev–Trinajstić information content (AvgIpc) is 2.96. The SMILES string of the molecule is Cc1nc(-c2cccc(Cl)c2)sc1C(=O)N1CCCC(C(N)=O)C1. The van der Waals surface area contributed by atoms with Gasteiger partial charge < -0.3 is 10.6 Å². The van der Waals surface area contributed by atoms with E-state index < -0.39 is 0 Å². The van der Waals surface area contributed by atoms with Crippen LogP contribution in [0.25, 0.3) is 10.6 Å². The van der Waals surface area contributed by atoms with Gasteiger partial charge in [-0.05, 0) is 31.9 Å². The van der Waals surface area contributed by atoms with E-state index in [-0.39, 0.29) is 17.7 Å². The molecule has 1 atom stereocenters. The molecule has 2 aromatic rings. The Balaban J connectivity index is 1.84. The van der Waals surface area contributed by atoms with Crippen LogP contribution >= 0.6 is 22.9 Å². The van der Waals surface area contributed by atoms with Crippen molar-refractivity contribution < 1.29 is 9.59 Å². The third-order valence-electron chi connectivity index (χ3n) is 4.17. The number of hydrogen-bond acceptors (Lipinski definition) is 4. The number of carbonyl (C=O) groups excluding carboxylic acids is 2. The van der Waals surface area contributed by atoms with Gasteiger partial charge in [0.25, 0.3) is 5.91 Å². The summed E-state index contributed by atoms with van der Waals surface area (Å²) < 4.78 is 0. The summed E-state index contributed by atoms with van der Waals surface area (Å²) in [5.41, 5.74) is 6.98. The molecule has 1 aliphatic heterocycles. The van der Waals surface area contributed by atoms with Gasteiger partial charge in [-0.1, -0.05) is 23.7 Å². The maximum Gasteiger partial charge on any atom is 0.265 e. The molecule has 1 aliphatic rings. The molecule has 2 amide bonds. The molecule has 1 unspecified atom stereocenters. The van der Waals surface area contributed by atoms with E-state index in [2.05, 4.69) is 4.98 Å². The van der Waals surface area contributed by atoms with Gasteiger partial charge in [-0.2, -0.15) is 0 Å². The lowest BCUT2D eigenvalue weighted by molar-refractivity contribution is -0.123. The van der Waals surface area contributed by atoms with Crippen molar-refractivity contribution in [3.63, 3.8) is 0 Å². The lowest BCUT2D eigenvalue weighted by Crippen LogP contribution is -2.44. The summed E-state index contributed by atoms with van der Waals surface area (Å²) in [6, 6.07) is 7.41. The van der Waals surface area contributed by atoms with Gasteiger partial charge in [0, 0.05) is 23.7 Å². The Hall–Kier alpha value is -1.92. The Labute approximate surface area is 149 Å². The molecule has 3 rings (SSSR count). The zero-order valence-corrected chi connectivity index (χ0v) is 14.9. The van der Waals surface area contributed by atoms with Crippen LogP contribution in [-0.2, 0) is 4.79 Å². The van der Waals surface area contributed by atoms with Crippen LogP contribution < -0.4 is 5.73 Å². The fourth-order valence-electron chi connectivity index (χ4n) is 2.88. The highest BCUT2D eigenvalue weighted by atomic mass is 35.5. The number of amides is 2. The topological polar surface area (TPSA) is 76.3 Å². The lowest BCUT2D eigenvalue weighted by atomic mass is 9.97. The summed E-state index contributed by atoms with van der Waals surface area (Å²) in [6.07, 6.45) is 1.53. The number of benzene rings is 1. The minimum atomic E-state index is -0.340. The highest BCUT2D eigenvalue weighted by molar-refractivity contribution is 7.17. The van der Waals surface area contributed by atoms with Crippen molar-refractivity contribution in [2.45, 2.75) is 19.8 Å². The van der Waals surface area contributed by atoms with Crippen LogP contribution in [-0.4, -0.2) is 34.8 Å². The predicted molar refractivity (Wildman–Crippen MR) is 95.1 cm³/mol. The van der Waals surface area contributed by atoms with Crippen molar-refractivity contribution >= 4 is 34.8 Å². The number of carbonyl (C=O) groups is 2. The van der Waals surface area contributed by atoms with Crippen LogP contribution in [0.2, 0.25) is 5.02 Å². The van der Waals surface area contributed by atoms with Crippen LogP contribution in [0.4, 0.5) is 0 Å². The van der Waals surface area contributed by atoms with Crippen molar-refractivity contribution in [1.29, 1.82) is 0 Å². The summed E-state index contributed by atoms with van der Waals surface area (Å²) in [5.74, 6) is -0.680. The number of piperidine rings is 1. The first-order chi connectivity index (χ1) is 11.5. The lowest BCUT2D eigenvalue weighted by Gasteiger charge is -2.30. The van der Waals surface area contributed by atoms with Crippen LogP contribution in [0.3, 0.4) is 0 Å². The van der Waals surface area contributed by atoms with E-state index in [1.54, 1.807) is 11.0 Å². The number of aromatic nitrogens is 1. The minimum Gasteiger partial charge on any atom is -0.369 e. The first kappa shape index (κ1) is 16.9. The molecule has 5 nitrogen and oxygen atoms in total. The Morgan fingerprint density at radius 1 is 1.42 bits per heavy atom. The molecule has 1 fully saturated rings. The van der Waals surface area contributed by atoms with Crippen molar-refractivity contribution in [3.8, 4) is 10.6 Å². The van der Waals surface area contributed by atoms with Gasteiger partial charge >= 0.3 is 0 Å². The van der Waals surface area contributed by atoms with E-state index >= 15 is 0 Å². The van der Waals surface area contributed by atoms with Crippen LogP contribution in [0.15, 0.2) is 24.3 Å². The summed E-state index contributed by atoms with van der Waals surface area (Å²) >= 11 is 7.38. The Morgan fingerprint density at radius 3 is 2.92 bits per heavy atom. The van der Waals surface area contributed by atoms with Crippen LogP contribution in [0.5, 0.6) is 0 Å². The standard InChI is InChI=1S/C17H18ClN3O2S/c1-10-14(17(23)21-7-3-5-12(9-21)15(19)22)24-16(20-10)11-4-2-6-13(18)8-11/h2,4,6,8,12H,3,5,7,9H2,1H3,(H2,19,22). The highest BCUT2D eigenvalue weighted by Gasteiger charge is 2.29. The molecule has 1 saturated heterocycles. The molecule has 7 heteroatoms. The first-order valence-electron chi connectivity index (χ1n) is 7.77. The molecular weight excluding hydrogens is 346 g/mol. The van der Waals surface area contributed by atoms with Gasteiger partial charge in [-0.3, -0.25) is 9.59 Å². The van der Waals surface area contributed by atoms with Crippen LogP contribution in [0, 0.1) is 12.8 Å². The normalized spacial score (nSPS) is 17.8. The van der Waals surface area contributed by atoms with Crippen molar-refractivity contribution in [1.82, 2.24) is 9.88 Å². The summed E-state index contributed by atoms with van der Waals surface area (Å²) in [5, 5.41) is 1.40. The number of likely N-dealkylation sites (tertiary alicyclic amines) is 1. The van der Waals surface area contributed by atoms with Gasteiger partial charge in [0.15, 0.2) is 0 Å². The fourth-order valence-corrected chi connectivity index (χ4v) is 4.10. The van der Waals surface area contributed by atoms with E-state index in [1.165, 1.54) is 11.3 Å². The molecule has 2 N–H and O–H groups in total. The van der Waals surface area contributed by atoms with E-state index in [0.29, 0.717) is 28.7 Å². The number of nitrogens with two attached hydrogens (primary N) is 1. The zero-order chi connectivity index (χ0) is 17.3. The molecule has 0 bridgehead atoms. The number of nitrogens with zero attached hydrogens (tertiary/aromatic N) is 2. The number of primary amides is 1. The third-order valence-corrected chi connectivity index (χ3v) is 5.60. The summed E-state index contributed by atoms with van der Waals surface area (Å²) in [4.78, 5) is 31.1. The number of rotatable bonds is 3. The first-order valence-corrected chi connectivity index (χ1v) is 8.97. The second-order valence-corrected chi connectivity index (χ2v) is 7.37. The Morgan fingerprint density at radius 2 is 2.21 bits per heavy atom.